The SMILES string of the molecule is CCc1ccc(C(OC)(OC)c2ccccc2)cc1. The number of aryl methyl sites for hydroxylation is 1. The van der Waals surface area contributed by atoms with Gasteiger partial charge in [0.25, 0.3) is 0 Å². The van der Waals surface area contributed by atoms with Gasteiger partial charge in [-0.15, -0.1) is 0 Å². The molecule has 0 unspecified atom stereocenters. The molecule has 0 heterocycles. The second kappa shape index (κ2) is 6.00. The van der Waals surface area contributed by atoms with Crippen molar-refractivity contribution in [3.05, 3.63) is 71.3 Å². The van der Waals surface area contributed by atoms with Gasteiger partial charge in [-0.2, -0.15) is 0 Å². The van der Waals surface area contributed by atoms with Gasteiger partial charge in [0.15, 0.2) is 0 Å². The van der Waals surface area contributed by atoms with E-state index in [-0.39, 0.29) is 0 Å². The van der Waals surface area contributed by atoms with E-state index in [0.717, 1.165) is 17.5 Å². The van der Waals surface area contributed by atoms with Crippen LogP contribution in [0, 0.1) is 0 Å². The molecule has 0 saturated carbocycles. The maximum Gasteiger partial charge on any atom is 0.221 e. The Morgan fingerprint density at radius 2 is 1.32 bits per heavy atom. The summed E-state index contributed by atoms with van der Waals surface area (Å²) in [5, 5.41) is 0. The number of benzene rings is 2. The minimum atomic E-state index is -0.840. The van der Waals surface area contributed by atoms with E-state index in [4.69, 9.17) is 9.47 Å². The molecule has 2 aromatic rings. The van der Waals surface area contributed by atoms with E-state index < -0.39 is 5.79 Å². The average molecular weight is 256 g/mol. The summed E-state index contributed by atoms with van der Waals surface area (Å²) >= 11 is 0. The van der Waals surface area contributed by atoms with Crippen molar-refractivity contribution >= 4 is 0 Å². The van der Waals surface area contributed by atoms with Gasteiger partial charge in [0.05, 0.1) is 0 Å². The second-order valence-corrected chi connectivity index (χ2v) is 4.44. The third-order valence-electron chi connectivity index (χ3n) is 3.47. The van der Waals surface area contributed by atoms with Crippen molar-refractivity contribution in [2.75, 3.05) is 14.2 Å². The molecule has 0 aliphatic heterocycles. The quantitative estimate of drug-likeness (QED) is 0.759. The lowest BCUT2D eigenvalue weighted by Gasteiger charge is -2.32. The highest BCUT2D eigenvalue weighted by atomic mass is 16.7. The maximum absolute atomic E-state index is 5.71. The number of ether oxygens (including phenoxy) is 2. The average Bonchev–Trinajstić information content (AvgIpc) is 2.51. The summed E-state index contributed by atoms with van der Waals surface area (Å²) < 4.78 is 11.4. The summed E-state index contributed by atoms with van der Waals surface area (Å²) in [6, 6.07) is 18.4. The molecular formula is C17H20O2. The van der Waals surface area contributed by atoms with Crippen LogP contribution in [0.5, 0.6) is 0 Å². The monoisotopic (exact) mass is 256 g/mol. The summed E-state index contributed by atoms with van der Waals surface area (Å²) in [5.41, 5.74) is 3.29. The van der Waals surface area contributed by atoms with E-state index in [9.17, 15) is 0 Å². The Kier molecular flexibility index (Phi) is 4.35. The van der Waals surface area contributed by atoms with Crippen LogP contribution in [0.25, 0.3) is 0 Å². The topological polar surface area (TPSA) is 18.5 Å². The fourth-order valence-electron chi connectivity index (χ4n) is 2.34. The smallest absolute Gasteiger partial charge is 0.221 e. The Hall–Kier alpha value is -1.64. The molecule has 0 aromatic heterocycles. The molecule has 2 nitrogen and oxygen atoms in total. The predicted octanol–water partition coefficient (Wildman–Crippen LogP) is 3.74. The first-order chi connectivity index (χ1) is 9.26. The molecule has 2 aromatic carbocycles. The van der Waals surface area contributed by atoms with Crippen molar-refractivity contribution in [2.45, 2.75) is 19.1 Å². The molecule has 0 fully saturated rings. The van der Waals surface area contributed by atoms with Crippen LogP contribution in [0.2, 0.25) is 0 Å². The van der Waals surface area contributed by atoms with Gasteiger partial charge in [0, 0.05) is 25.3 Å². The van der Waals surface area contributed by atoms with Crippen LogP contribution in [0.15, 0.2) is 54.6 Å². The first-order valence-corrected chi connectivity index (χ1v) is 6.52. The highest BCUT2D eigenvalue weighted by Crippen LogP contribution is 2.33. The van der Waals surface area contributed by atoms with Gasteiger partial charge >= 0.3 is 0 Å². The molecule has 0 atom stereocenters. The zero-order valence-corrected chi connectivity index (χ0v) is 11.7. The maximum atomic E-state index is 5.71. The Balaban J connectivity index is 2.49. The molecule has 0 saturated heterocycles. The molecule has 0 aliphatic carbocycles. The molecule has 2 rings (SSSR count). The van der Waals surface area contributed by atoms with Gasteiger partial charge < -0.3 is 9.47 Å². The Morgan fingerprint density at radius 3 is 1.79 bits per heavy atom. The summed E-state index contributed by atoms with van der Waals surface area (Å²) in [4.78, 5) is 0. The third kappa shape index (κ3) is 2.55. The van der Waals surface area contributed by atoms with E-state index in [1.165, 1.54) is 5.56 Å². The largest absolute Gasteiger partial charge is 0.346 e. The number of methoxy groups -OCH3 is 2. The van der Waals surface area contributed by atoms with Crippen molar-refractivity contribution in [2.24, 2.45) is 0 Å². The molecule has 19 heavy (non-hydrogen) atoms. The van der Waals surface area contributed by atoms with E-state index in [0.29, 0.717) is 0 Å². The number of rotatable bonds is 5. The zero-order chi connectivity index (χ0) is 13.7. The second-order valence-electron chi connectivity index (χ2n) is 4.44. The van der Waals surface area contributed by atoms with Crippen LogP contribution >= 0.6 is 0 Å². The first kappa shape index (κ1) is 13.8. The summed E-state index contributed by atoms with van der Waals surface area (Å²) in [7, 11) is 3.34. The Morgan fingerprint density at radius 1 is 0.789 bits per heavy atom. The van der Waals surface area contributed by atoms with Gasteiger partial charge in [0.1, 0.15) is 0 Å². The first-order valence-electron chi connectivity index (χ1n) is 6.52. The van der Waals surface area contributed by atoms with Crippen LogP contribution in [0.3, 0.4) is 0 Å². The summed E-state index contributed by atoms with van der Waals surface area (Å²) in [6.45, 7) is 2.14. The van der Waals surface area contributed by atoms with Crippen LogP contribution in [0.1, 0.15) is 23.6 Å². The van der Waals surface area contributed by atoms with Crippen LogP contribution < -0.4 is 0 Å². The van der Waals surface area contributed by atoms with Crippen LogP contribution in [-0.4, -0.2) is 14.2 Å². The molecule has 100 valence electrons. The van der Waals surface area contributed by atoms with Crippen LogP contribution in [-0.2, 0) is 21.7 Å². The molecular weight excluding hydrogens is 236 g/mol. The highest BCUT2D eigenvalue weighted by molar-refractivity contribution is 5.35. The van der Waals surface area contributed by atoms with E-state index in [2.05, 4.69) is 31.2 Å². The Labute approximate surface area is 115 Å². The fourth-order valence-corrected chi connectivity index (χ4v) is 2.34. The lowest BCUT2D eigenvalue weighted by atomic mass is 9.96. The van der Waals surface area contributed by atoms with E-state index in [1.807, 2.05) is 30.3 Å². The minimum absolute atomic E-state index is 0.840. The fraction of sp³-hybridized carbons (Fsp3) is 0.294. The lowest BCUT2D eigenvalue weighted by molar-refractivity contribution is -0.183. The molecule has 2 heteroatoms. The van der Waals surface area contributed by atoms with E-state index >= 15 is 0 Å². The molecule has 0 aliphatic rings. The number of hydrogen-bond acceptors (Lipinski definition) is 2. The standard InChI is InChI=1S/C17H20O2/c1-4-14-10-12-16(13-11-14)17(18-2,19-3)15-8-6-5-7-9-15/h5-13H,4H2,1-3H3. The normalized spacial score (nSPS) is 11.5. The van der Waals surface area contributed by atoms with Crippen molar-refractivity contribution < 1.29 is 9.47 Å². The van der Waals surface area contributed by atoms with Crippen molar-refractivity contribution in [1.29, 1.82) is 0 Å². The van der Waals surface area contributed by atoms with Crippen molar-refractivity contribution in [3.63, 3.8) is 0 Å². The third-order valence-corrected chi connectivity index (χ3v) is 3.47. The molecule has 0 spiro atoms. The molecule has 0 radical (unpaired) electrons. The van der Waals surface area contributed by atoms with Gasteiger partial charge in [-0.3, -0.25) is 0 Å². The van der Waals surface area contributed by atoms with Crippen molar-refractivity contribution in [1.82, 2.24) is 0 Å². The molecule has 0 bridgehead atoms. The zero-order valence-electron chi connectivity index (χ0n) is 11.7. The minimum Gasteiger partial charge on any atom is -0.346 e. The summed E-state index contributed by atoms with van der Waals surface area (Å²) in [6.07, 6.45) is 1.03. The number of hydrogen-bond donors (Lipinski definition) is 0. The lowest BCUT2D eigenvalue weighted by Crippen LogP contribution is -2.32. The predicted molar refractivity (Wildman–Crippen MR) is 77.1 cm³/mol. The highest BCUT2D eigenvalue weighted by Gasteiger charge is 2.34. The molecule has 0 amide bonds. The van der Waals surface area contributed by atoms with Gasteiger partial charge in [-0.1, -0.05) is 61.5 Å². The van der Waals surface area contributed by atoms with Gasteiger partial charge in [-0.25, -0.2) is 0 Å². The van der Waals surface area contributed by atoms with Gasteiger partial charge in [0.2, 0.25) is 5.79 Å². The van der Waals surface area contributed by atoms with E-state index in [1.54, 1.807) is 14.2 Å². The Bertz CT molecular complexity index is 499. The summed E-state index contributed by atoms with van der Waals surface area (Å²) in [5.74, 6) is -0.840. The molecule has 0 N–H and O–H groups in total. The van der Waals surface area contributed by atoms with Crippen molar-refractivity contribution in [3.8, 4) is 0 Å². The van der Waals surface area contributed by atoms with Crippen LogP contribution in [0.4, 0.5) is 0 Å². The van der Waals surface area contributed by atoms with Gasteiger partial charge in [-0.05, 0) is 12.0 Å².